The van der Waals surface area contributed by atoms with Gasteiger partial charge in [-0.3, -0.25) is 4.21 Å². The molecule has 0 aliphatic heterocycles. The summed E-state index contributed by atoms with van der Waals surface area (Å²) in [5.41, 5.74) is 1.98. The lowest BCUT2D eigenvalue weighted by molar-refractivity contribution is 0.536. The molecule has 0 aliphatic rings. The molecule has 1 aromatic carbocycles. The first-order valence-electron chi connectivity index (χ1n) is 4.93. The molecule has 0 aromatic heterocycles. The second-order valence-corrected chi connectivity index (χ2v) is 5.34. The molecule has 1 aromatic rings. The van der Waals surface area contributed by atoms with Gasteiger partial charge in [0.25, 0.3) is 0 Å². The van der Waals surface area contributed by atoms with Crippen molar-refractivity contribution in [2.75, 3.05) is 5.88 Å². The molecule has 0 spiro atoms. The van der Waals surface area contributed by atoms with Crippen molar-refractivity contribution >= 4 is 16.8 Å². The smallest absolute Gasteiger partial charge is 0.122 e. The molecule has 5 heteroatoms. The monoisotopic (exact) mass is 239 g/mol. The first-order valence-corrected chi connectivity index (χ1v) is 6.18. The van der Waals surface area contributed by atoms with Gasteiger partial charge in [-0.2, -0.15) is 10.2 Å². The van der Waals surface area contributed by atoms with Crippen LogP contribution >= 0.6 is 0 Å². The summed E-state index contributed by atoms with van der Waals surface area (Å²) in [5.74, 6) is -0.291. The minimum atomic E-state index is -2.17. The molecule has 1 rings (SSSR count). The molecular weight excluding hydrogens is 224 g/mol. The van der Waals surface area contributed by atoms with Crippen LogP contribution in [-0.2, 0) is 16.5 Å². The van der Waals surface area contributed by atoms with E-state index in [2.05, 4.69) is 31.0 Å². The van der Waals surface area contributed by atoms with Crippen molar-refractivity contribution in [1.29, 1.82) is 0 Å². The van der Waals surface area contributed by atoms with Gasteiger partial charge in [-0.05, 0) is 34.2 Å². The lowest BCUT2D eigenvalue weighted by Gasteiger charge is -2.18. The van der Waals surface area contributed by atoms with Crippen LogP contribution in [0.1, 0.15) is 26.3 Å². The van der Waals surface area contributed by atoms with E-state index < -0.39 is 11.1 Å². The van der Waals surface area contributed by atoms with Crippen LogP contribution in [0.25, 0.3) is 0 Å². The van der Waals surface area contributed by atoms with Crippen LogP contribution in [0.3, 0.4) is 0 Å². The van der Waals surface area contributed by atoms with E-state index in [-0.39, 0.29) is 11.3 Å². The number of benzene rings is 1. The molecule has 0 aliphatic carbocycles. The molecule has 88 valence electrons. The summed E-state index contributed by atoms with van der Waals surface area (Å²) in [7, 11) is 0. The van der Waals surface area contributed by atoms with Crippen LogP contribution in [0.15, 0.2) is 34.5 Å². The van der Waals surface area contributed by atoms with E-state index in [1.807, 2.05) is 24.3 Å². The van der Waals surface area contributed by atoms with Gasteiger partial charge < -0.3 is 4.55 Å². The quantitative estimate of drug-likeness (QED) is 0.601. The fourth-order valence-electron chi connectivity index (χ4n) is 1.19. The molecule has 0 radical (unpaired) electrons. The summed E-state index contributed by atoms with van der Waals surface area (Å²) in [6, 6.07) is 7.61. The summed E-state index contributed by atoms with van der Waals surface area (Å²) >= 11 is -2.17. The fourth-order valence-corrected chi connectivity index (χ4v) is 1.34. The molecule has 0 N–H and O–H groups in total. The number of hydrogen-bond acceptors (Lipinski definition) is 4. The molecule has 4 nitrogen and oxygen atoms in total. The Morgan fingerprint density at radius 3 is 2.25 bits per heavy atom. The number of azo groups is 1. The van der Waals surface area contributed by atoms with Crippen molar-refractivity contribution in [3.63, 3.8) is 0 Å². The molecule has 0 amide bonds. The zero-order valence-corrected chi connectivity index (χ0v) is 10.5. The summed E-state index contributed by atoms with van der Waals surface area (Å²) in [6.07, 6.45) is 0. The Hall–Kier alpha value is -1.07. The Labute approximate surface area is 98.1 Å². The maximum Gasteiger partial charge on any atom is 0.122 e. The predicted octanol–water partition coefficient (Wildman–Crippen LogP) is 2.90. The Morgan fingerprint density at radius 1 is 1.25 bits per heavy atom. The Balaban J connectivity index is 2.72. The maximum atomic E-state index is 10.2. The van der Waals surface area contributed by atoms with Crippen LogP contribution in [-0.4, -0.2) is 14.6 Å². The summed E-state index contributed by atoms with van der Waals surface area (Å²) in [6.45, 7) is 6.39. The van der Waals surface area contributed by atoms with Crippen molar-refractivity contribution in [2.45, 2.75) is 26.2 Å². The molecule has 0 saturated heterocycles. The summed E-state index contributed by atoms with van der Waals surface area (Å²) in [4.78, 5) is 0. The van der Waals surface area contributed by atoms with Gasteiger partial charge in [-0.25, -0.2) is 0 Å². The standard InChI is InChI=1S/C11H16N2O2S/c1-11(2,3)9-4-6-10(7-5-9)13-12-8-16(14)15/h4-7H,8H2,1-3H3,(H,14,15)/p-1. The summed E-state index contributed by atoms with van der Waals surface area (Å²) < 4.78 is 20.4. The third-order valence-electron chi connectivity index (χ3n) is 2.08. The van der Waals surface area contributed by atoms with Gasteiger partial charge in [0.15, 0.2) is 0 Å². The Bertz CT molecular complexity index is 393. The lowest BCUT2D eigenvalue weighted by atomic mass is 9.87. The van der Waals surface area contributed by atoms with Crippen LogP contribution in [0, 0.1) is 0 Å². The lowest BCUT2D eigenvalue weighted by Crippen LogP contribution is -2.10. The largest absolute Gasteiger partial charge is 0.771 e. The molecule has 1 atom stereocenters. The van der Waals surface area contributed by atoms with E-state index in [9.17, 15) is 8.76 Å². The molecule has 0 bridgehead atoms. The van der Waals surface area contributed by atoms with Gasteiger partial charge in [0.05, 0.1) is 5.69 Å². The van der Waals surface area contributed by atoms with Gasteiger partial charge in [-0.1, -0.05) is 32.9 Å². The van der Waals surface area contributed by atoms with Crippen molar-refractivity contribution < 1.29 is 8.76 Å². The third kappa shape index (κ3) is 4.20. The normalized spacial score (nSPS) is 14.2. The van der Waals surface area contributed by atoms with Crippen LogP contribution in [0.2, 0.25) is 0 Å². The molecule has 0 saturated carbocycles. The van der Waals surface area contributed by atoms with E-state index >= 15 is 0 Å². The van der Waals surface area contributed by atoms with Crippen molar-refractivity contribution in [1.82, 2.24) is 0 Å². The zero-order chi connectivity index (χ0) is 12.2. The topological polar surface area (TPSA) is 64.8 Å². The molecule has 1 unspecified atom stereocenters. The van der Waals surface area contributed by atoms with Crippen LogP contribution in [0.5, 0.6) is 0 Å². The number of hydrogen-bond donors (Lipinski definition) is 0. The Morgan fingerprint density at radius 2 is 1.81 bits per heavy atom. The SMILES string of the molecule is CC(C)(C)c1ccc(N=NCS(=O)[O-])cc1. The van der Waals surface area contributed by atoms with Gasteiger partial charge >= 0.3 is 0 Å². The first kappa shape index (κ1) is 13.0. The van der Waals surface area contributed by atoms with E-state index in [1.54, 1.807) is 0 Å². The van der Waals surface area contributed by atoms with Crippen molar-refractivity contribution in [3.8, 4) is 0 Å². The number of rotatable bonds is 3. The van der Waals surface area contributed by atoms with Gasteiger partial charge in [0.2, 0.25) is 0 Å². The minimum absolute atomic E-state index is 0.103. The van der Waals surface area contributed by atoms with Crippen LogP contribution in [0.4, 0.5) is 5.69 Å². The van der Waals surface area contributed by atoms with Gasteiger partial charge in [0, 0.05) is 0 Å². The average Bonchev–Trinajstić information content (AvgIpc) is 2.16. The van der Waals surface area contributed by atoms with E-state index in [0.717, 1.165) is 0 Å². The highest BCUT2D eigenvalue weighted by Gasteiger charge is 2.12. The second kappa shape index (κ2) is 5.32. The highest BCUT2D eigenvalue weighted by molar-refractivity contribution is 7.79. The van der Waals surface area contributed by atoms with E-state index in [4.69, 9.17) is 0 Å². The molecule has 0 fully saturated rings. The zero-order valence-electron chi connectivity index (χ0n) is 9.64. The van der Waals surface area contributed by atoms with Crippen LogP contribution < -0.4 is 0 Å². The van der Waals surface area contributed by atoms with E-state index in [1.165, 1.54) is 5.56 Å². The van der Waals surface area contributed by atoms with Gasteiger partial charge in [0.1, 0.15) is 5.88 Å². The third-order valence-corrected chi connectivity index (χ3v) is 2.41. The molecule has 0 heterocycles. The first-order chi connectivity index (χ1) is 7.39. The van der Waals surface area contributed by atoms with Gasteiger partial charge in [-0.15, -0.1) is 0 Å². The fraction of sp³-hybridized carbons (Fsp3) is 0.455. The summed E-state index contributed by atoms with van der Waals surface area (Å²) in [5, 5.41) is 7.35. The number of nitrogens with zero attached hydrogens (tertiary/aromatic N) is 2. The second-order valence-electron chi connectivity index (χ2n) is 4.47. The highest BCUT2D eigenvalue weighted by atomic mass is 32.2. The highest BCUT2D eigenvalue weighted by Crippen LogP contribution is 2.24. The van der Waals surface area contributed by atoms with E-state index in [0.29, 0.717) is 5.69 Å². The minimum Gasteiger partial charge on any atom is -0.771 e. The van der Waals surface area contributed by atoms with Crippen molar-refractivity contribution in [2.24, 2.45) is 10.2 Å². The predicted molar refractivity (Wildman–Crippen MR) is 63.4 cm³/mol. The molecule has 16 heavy (non-hydrogen) atoms. The molecular formula is C11H15N2O2S-. The van der Waals surface area contributed by atoms with Crippen molar-refractivity contribution in [3.05, 3.63) is 29.8 Å². The average molecular weight is 239 g/mol. The Kier molecular flexibility index (Phi) is 4.32. The maximum absolute atomic E-state index is 10.2.